The molecule has 2 aromatic rings. The van der Waals surface area contributed by atoms with E-state index in [4.69, 9.17) is 0 Å². The second-order valence-corrected chi connectivity index (χ2v) is 6.81. The molecule has 0 saturated carbocycles. The number of rotatable bonds is 5. The lowest BCUT2D eigenvalue weighted by molar-refractivity contribution is 0.0989. The van der Waals surface area contributed by atoms with Crippen LogP contribution in [0.15, 0.2) is 42.6 Å². The minimum Gasteiger partial charge on any atom is -0.359 e. The van der Waals surface area contributed by atoms with Gasteiger partial charge in [-0.25, -0.2) is 4.98 Å². The summed E-state index contributed by atoms with van der Waals surface area (Å²) < 4.78 is 0. The van der Waals surface area contributed by atoms with Crippen molar-refractivity contribution < 1.29 is 4.79 Å². The second kappa shape index (κ2) is 7.04. The fraction of sp³-hybridized carbons (Fsp3) is 0.400. The molecule has 0 spiro atoms. The highest BCUT2D eigenvalue weighted by atomic mass is 16.2. The molecule has 0 atom stereocenters. The third-order valence-corrected chi connectivity index (χ3v) is 4.55. The molecule has 24 heavy (non-hydrogen) atoms. The molecule has 2 heterocycles. The summed E-state index contributed by atoms with van der Waals surface area (Å²) in [6.45, 7) is 6.05. The molecule has 1 aromatic carbocycles. The predicted octanol–water partition coefficient (Wildman–Crippen LogP) is 3.77. The maximum atomic E-state index is 13.1. The Morgan fingerprint density at radius 2 is 2.04 bits per heavy atom. The zero-order chi connectivity index (χ0) is 17.1. The number of amides is 1. The van der Waals surface area contributed by atoms with Crippen LogP contribution in [-0.4, -0.2) is 31.0 Å². The number of carbonyl (C=O) groups is 1. The molecular weight excluding hydrogens is 298 g/mol. The first-order chi connectivity index (χ1) is 11.6. The van der Waals surface area contributed by atoms with Crippen LogP contribution in [0, 0.1) is 5.92 Å². The molecule has 3 rings (SSSR count). The van der Waals surface area contributed by atoms with Gasteiger partial charge in [-0.3, -0.25) is 4.79 Å². The second-order valence-electron chi connectivity index (χ2n) is 6.81. The molecule has 0 fully saturated rings. The van der Waals surface area contributed by atoms with Crippen LogP contribution >= 0.6 is 0 Å². The van der Waals surface area contributed by atoms with Gasteiger partial charge in [0.05, 0.1) is 5.56 Å². The molecule has 1 aromatic heterocycles. The fourth-order valence-electron chi connectivity index (χ4n) is 3.12. The number of aromatic nitrogens is 1. The lowest BCUT2D eigenvalue weighted by Gasteiger charge is -2.24. The predicted molar refractivity (Wildman–Crippen MR) is 98.8 cm³/mol. The van der Waals surface area contributed by atoms with E-state index in [1.165, 1.54) is 5.56 Å². The van der Waals surface area contributed by atoms with E-state index in [0.29, 0.717) is 11.5 Å². The van der Waals surface area contributed by atoms with Gasteiger partial charge in [0.15, 0.2) is 0 Å². The van der Waals surface area contributed by atoms with Gasteiger partial charge in [-0.05, 0) is 42.5 Å². The van der Waals surface area contributed by atoms with E-state index in [1.807, 2.05) is 42.3 Å². The van der Waals surface area contributed by atoms with E-state index in [-0.39, 0.29) is 5.91 Å². The third kappa shape index (κ3) is 3.28. The van der Waals surface area contributed by atoms with Crippen LogP contribution in [0.1, 0.15) is 36.2 Å². The van der Waals surface area contributed by atoms with Crippen molar-refractivity contribution in [2.24, 2.45) is 5.92 Å². The van der Waals surface area contributed by atoms with E-state index in [0.717, 1.165) is 37.4 Å². The van der Waals surface area contributed by atoms with Gasteiger partial charge in [-0.15, -0.1) is 0 Å². The first-order valence-electron chi connectivity index (χ1n) is 8.64. The van der Waals surface area contributed by atoms with Crippen LogP contribution in [0.5, 0.6) is 0 Å². The van der Waals surface area contributed by atoms with Crippen molar-refractivity contribution in [1.29, 1.82) is 0 Å². The summed E-state index contributed by atoms with van der Waals surface area (Å²) in [4.78, 5) is 21.6. The summed E-state index contributed by atoms with van der Waals surface area (Å²) in [6, 6.07) is 11.9. The minimum atomic E-state index is 0.0412. The molecule has 1 aliphatic rings. The highest BCUT2D eigenvalue weighted by Crippen LogP contribution is 2.30. The van der Waals surface area contributed by atoms with Crippen LogP contribution in [-0.2, 0) is 6.42 Å². The van der Waals surface area contributed by atoms with Gasteiger partial charge in [0.2, 0.25) is 0 Å². The summed E-state index contributed by atoms with van der Waals surface area (Å²) in [7, 11) is 2.01. The zero-order valence-corrected chi connectivity index (χ0v) is 14.7. The van der Waals surface area contributed by atoms with Gasteiger partial charge in [0, 0.05) is 32.0 Å². The molecule has 0 N–H and O–H groups in total. The Bertz CT molecular complexity index is 726. The van der Waals surface area contributed by atoms with Crippen LogP contribution < -0.4 is 9.80 Å². The molecule has 126 valence electrons. The van der Waals surface area contributed by atoms with Gasteiger partial charge in [-0.1, -0.05) is 32.0 Å². The Morgan fingerprint density at radius 1 is 1.25 bits per heavy atom. The fourth-order valence-corrected chi connectivity index (χ4v) is 3.12. The maximum Gasteiger partial charge on any atom is 0.262 e. The molecule has 4 heteroatoms. The number of hydrogen-bond acceptors (Lipinski definition) is 3. The monoisotopic (exact) mass is 323 g/mol. The maximum absolute atomic E-state index is 13.1. The van der Waals surface area contributed by atoms with Crippen molar-refractivity contribution in [2.45, 2.75) is 26.7 Å². The zero-order valence-electron chi connectivity index (χ0n) is 14.7. The van der Waals surface area contributed by atoms with Crippen LogP contribution in [0.3, 0.4) is 0 Å². The van der Waals surface area contributed by atoms with Crippen LogP contribution in [0.4, 0.5) is 11.5 Å². The van der Waals surface area contributed by atoms with Crippen molar-refractivity contribution in [1.82, 2.24) is 4.98 Å². The van der Waals surface area contributed by atoms with E-state index < -0.39 is 0 Å². The number of para-hydroxylation sites is 1. The minimum absolute atomic E-state index is 0.0412. The van der Waals surface area contributed by atoms with Crippen molar-refractivity contribution in [3.63, 3.8) is 0 Å². The van der Waals surface area contributed by atoms with E-state index in [1.54, 1.807) is 6.20 Å². The Hall–Kier alpha value is -2.36. The van der Waals surface area contributed by atoms with Gasteiger partial charge < -0.3 is 9.80 Å². The van der Waals surface area contributed by atoms with E-state index in [2.05, 4.69) is 29.8 Å². The van der Waals surface area contributed by atoms with Gasteiger partial charge in [0.25, 0.3) is 5.91 Å². The standard InChI is InChI=1S/C20H25N3O/c1-15(2)10-13-22(3)19-17(8-6-12-21-19)20(24)23-14-11-16-7-4-5-9-18(16)23/h4-9,12,15H,10-11,13-14H2,1-3H3. The molecule has 0 unspecified atom stereocenters. The summed E-state index contributed by atoms with van der Waals surface area (Å²) in [5, 5.41) is 0. The van der Waals surface area contributed by atoms with Crippen LogP contribution in [0.2, 0.25) is 0 Å². The topological polar surface area (TPSA) is 36.4 Å². The molecule has 0 bridgehead atoms. The first kappa shape index (κ1) is 16.5. The lowest BCUT2D eigenvalue weighted by atomic mass is 10.1. The third-order valence-electron chi connectivity index (χ3n) is 4.55. The summed E-state index contributed by atoms with van der Waals surface area (Å²) in [5.41, 5.74) is 2.95. The highest BCUT2D eigenvalue weighted by molar-refractivity contribution is 6.10. The highest BCUT2D eigenvalue weighted by Gasteiger charge is 2.27. The van der Waals surface area contributed by atoms with Crippen molar-refractivity contribution in [2.75, 3.05) is 29.9 Å². The number of carbonyl (C=O) groups excluding carboxylic acids is 1. The number of fused-ring (bicyclic) bond motifs is 1. The number of pyridine rings is 1. The Kier molecular flexibility index (Phi) is 4.84. The van der Waals surface area contributed by atoms with Crippen LogP contribution in [0.25, 0.3) is 0 Å². The molecule has 0 saturated heterocycles. The number of anilines is 2. The summed E-state index contributed by atoms with van der Waals surface area (Å²) in [5.74, 6) is 1.44. The molecule has 1 aliphatic heterocycles. The summed E-state index contributed by atoms with van der Waals surface area (Å²) in [6.07, 6.45) is 3.75. The van der Waals surface area contributed by atoms with Crippen molar-refractivity contribution in [3.8, 4) is 0 Å². The average Bonchev–Trinajstić information content (AvgIpc) is 3.03. The van der Waals surface area contributed by atoms with Gasteiger partial charge in [0.1, 0.15) is 5.82 Å². The average molecular weight is 323 g/mol. The normalized spacial score (nSPS) is 13.2. The van der Waals surface area contributed by atoms with Crippen molar-refractivity contribution >= 4 is 17.4 Å². The van der Waals surface area contributed by atoms with E-state index >= 15 is 0 Å². The largest absolute Gasteiger partial charge is 0.359 e. The van der Waals surface area contributed by atoms with Gasteiger partial charge in [-0.2, -0.15) is 0 Å². The van der Waals surface area contributed by atoms with Gasteiger partial charge >= 0.3 is 0 Å². The Morgan fingerprint density at radius 3 is 2.83 bits per heavy atom. The molecule has 0 radical (unpaired) electrons. The Labute approximate surface area is 144 Å². The number of nitrogens with zero attached hydrogens (tertiary/aromatic N) is 3. The quantitative estimate of drug-likeness (QED) is 0.840. The molecule has 1 amide bonds. The number of hydrogen-bond donors (Lipinski definition) is 0. The SMILES string of the molecule is CC(C)CCN(C)c1ncccc1C(=O)N1CCc2ccccc21. The number of benzene rings is 1. The molecule has 0 aliphatic carbocycles. The Balaban J connectivity index is 1.86. The smallest absolute Gasteiger partial charge is 0.262 e. The summed E-state index contributed by atoms with van der Waals surface area (Å²) >= 11 is 0. The molecular formula is C20H25N3O. The molecule has 4 nitrogen and oxygen atoms in total. The lowest BCUT2D eigenvalue weighted by Crippen LogP contribution is -2.31. The van der Waals surface area contributed by atoms with Crippen molar-refractivity contribution in [3.05, 3.63) is 53.7 Å². The van der Waals surface area contributed by atoms with E-state index in [9.17, 15) is 4.79 Å². The first-order valence-corrected chi connectivity index (χ1v) is 8.64.